The van der Waals surface area contributed by atoms with Crippen LogP contribution in [0.2, 0.25) is 0 Å². The lowest BCUT2D eigenvalue weighted by molar-refractivity contribution is -0.164. The van der Waals surface area contributed by atoms with Gasteiger partial charge in [0.2, 0.25) is 6.43 Å². The van der Waals surface area contributed by atoms with Crippen molar-refractivity contribution in [3.8, 4) is 0 Å². The van der Waals surface area contributed by atoms with E-state index in [1.165, 1.54) is 25.1 Å². The van der Waals surface area contributed by atoms with Crippen molar-refractivity contribution in [3.05, 3.63) is 34.3 Å². The van der Waals surface area contributed by atoms with E-state index >= 15 is 0 Å². The first-order valence-corrected chi connectivity index (χ1v) is 6.59. The minimum Gasteiger partial charge on any atom is -0.480 e. The second-order valence-corrected chi connectivity index (χ2v) is 4.86. The van der Waals surface area contributed by atoms with E-state index in [0.717, 1.165) is 0 Å². The lowest BCUT2D eigenvalue weighted by atomic mass is 9.77. The van der Waals surface area contributed by atoms with Crippen LogP contribution < -0.4 is 0 Å². The molecule has 1 atom stereocenters. The number of carbonyl (C=O) groups excluding carboxylic acids is 1. The van der Waals surface area contributed by atoms with Crippen LogP contribution in [0.25, 0.3) is 0 Å². The SMILES string of the molecule is CCOC(=O)C(CC(F)F)(C(=O)O)c1ccccc1Br. The van der Waals surface area contributed by atoms with Gasteiger partial charge in [0.15, 0.2) is 5.41 Å². The van der Waals surface area contributed by atoms with E-state index in [-0.39, 0.29) is 16.6 Å². The smallest absolute Gasteiger partial charge is 0.328 e. The van der Waals surface area contributed by atoms with E-state index in [9.17, 15) is 23.5 Å². The zero-order valence-electron chi connectivity index (χ0n) is 10.6. The Morgan fingerprint density at radius 3 is 2.45 bits per heavy atom. The predicted molar refractivity (Wildman–Crippen MR) is 70.7 cm³/mol. The number of benzene rings is 1. The second-order valence-electron chi connectivity index (χ2n) is 4.01. The van der Waals surface area contributed by atoms with Crippen LogP contribution in [-0.2, 0) is 19.7 Å². The Labute approximate surface area is 122 Å². The topological polar surface area (TPSA) is 63.6 Å². The van der Waals surface area contributed by atoms with Crippen LogP contribution in [0.15, 0.2) is 28.7 Å². The third kappa shape index (κ3) is 3.15. The normalized spacial score (nSPS) is 13.8. The van der Waals surface area contributed by atoms with Gasteiger partial charge in [-0.2, -0.15) is 0 Å². The van der Waals surface area contributed by atoms with Crippen molar-refractivity contribution in [2.24, 2.45) is 0 Å². The molecule has 1 unspecified atom stereocenters. The molecule has 0 amide bonds. The summed E-state index contributed by atoms with van der Waals surface area (Å²) < 4.78 is 30.6. The van der Waals surface area contributed by atoms with Gasteiger partial charge in [0.1, 0.15) is 0 Å². The van der Waals surface area contributed by atoms with Crippen molar-refractivity contribution >= 4 is 27.9 Å². The Kier molecular flexibility index (Phi) is 5.62. The Bertz CT molecular complexity index is 507. The molecule has 4 nitrogen and oxygen atoms in total. The predicted octanol–water partition coefficient (Wildman–Crippen LogP) is 2.99. The van der Waals surface area contributed by atoms with E-state index in [4.69, 9.17) is 4.74 Å². The first kappa shape index (κ1) is 16.6. The van der Waals surface area contributed by atoms with Crippen LogP contribution in [0.4, 0.5) is 8.78 Å². The van der Waals surface area contributed by atoms with Crippen molar-refractivity contribution in [1.82, 2.24) is 0 Å². The number of carboxylic acid groups (broad SMARTS) is 1. The van der Waals surface area contributed by atoms with Crippen molar-refractivity contribution in [2.45, 2.75) is 25.2 Å². The van der Waals surface area contributed by atoms with Gasteiger partial charge < -0.3 is 9.84 Å². The van der Waals surface area contributed by atoms with Gasteiger partial charge in [-0.25, -0.2) is 8.78 Å². The molecule has 0 radical (unpaired) electrons. The zero-order valence-corrected chi connectivity index (χ0v) is 12.2. The van der Waals surface area contributed by atoms with Crippen molar-refractivity contribution in [3.63, 3.8) is 0 Å². The van der Waals surface area contributed by atoms with Crippen LogP contribution in [0.5, 0.6) is 0 Å². The summed E-state index contributed by atoms with van der Waals surface area (Å²) in [7, 11) is 0. The maximum absolute atomic E-state index is 12.8. The van der Waals surface area contributed by atoms with Crippen molar-refractivity contribution in [2.75, 3.05) is 6.61 Å². The Morgan fingerprint density at radius 1 is 1.40 bits per heavy atom. The Morgan fingerprint density at radius 2 is 2.00 bits per heavy atom. The van der Waals surface area contributed by atoms with Gasteiger partial charge in [-0.1, -0.05) is 34.1 Å². The molecule has 0 aliphatic rings. The standard InChI is InChI=1S/C13H13BrF2O4/c1-2-20-12(19)13(11(17)18,7-10(15)16)8-5-3-4-6-9(8)14/h3-6,10H,2,7H2,1H3,(H,17,18). The number of carboxylic acids is 1. The number of aliphatic carboxylic acids is 1. The van der Waals surface area contributed by atoms with Crippen LogP contribution in [0.3, 0.4) is 0 Å². The van der Waals surface area contributed by atoms with Gasteiger partial charge in [-0.15, -0.1) is 0 Å². The van der Waals surface area contributed by atoms with Gasteiger partial charge in [0.25, 0.3) is 0 Å². The largest absolute Gasteiger partial charge is 0.480 e. The quantitative estimate of drug-likeness (QED) is 0.632. The van der Waals surface area contributed by atoms with Crippen molar-refractivity contribution in [1.29, 1.82) is 0 Å². The number of ether oxygens (including phenoxy) is 1. The summed E-state index contributed by atoms with van der Waals surface area (Å²) in [4.78, 5) is 23.6. The highest BCUT2D eigenvalue weighted by Gasteiger charge is 2.52. The lowest BCUT2D eigenvalue weighted by Gasteiger charge is -2.28. The molecular weight excluding hydrogens is 338 g/mol. The second kappa shape index (κ2) is 6.78. The number of hydrogen-bond donors (Lipinski definition) is 1. The molecule has 0 fully saturated rings. The van der Waals surface area contributed by atoms with Gasteiger partial charge in [-0.05, 0) is 18.6 Å². The molecule has 20 heavy (non-hydrogen) atoms. The third-order valence-corrected chi connectivity index (χ3v) is 3.47. The number of esters is 1. The van der Waals surface area contributed by atoms with E-state index < -0.39 is 30.2 Å². The number of carbonyl (C=O) groups is 2. The molecular formula is C13H13BrF2O4. The molecule has 0 spiro atoms. The van der Waals surface area contributed by atoms with E-state index in [2.05, 4.69) is 15.9 Å². The Hall–Kier alpha value is -1.50. The third-order valence-electron chi connectivity index (χ3n) is 2.78. The molecule has 1 rings (SSSR count). The molecule has 0 heterocycles. The molecule has 0 saturated heterocycles. The van der Waals surface area contributed by atoms with Gasteiger partial charge in [0, 0.05) is 10.9 Å². The van der Waals surface area contributed by atoms with Gasteiger partial charge in [0.05, 0.1) is 6.61 Å². The fourth-order valence-corrected chi connectivity index (χ4v) is 2.51. The van der Waals surface area contributed by atoms with Crippen LogP contribution in [0, 0.1) is 0 Å². The highest BCUT2D eigenvalue weighted by molar-refractivity contribution is 9.10. The molecule has 0 bridgehead atoms. The first-order chi connectivity index (χ1) is 9.36. The van der Waals surface area contributed by atoms with Crippen LogP contribution in [-0.4, -0.2) is 30.1 Å². The van der Waals surface area contributed by atoms with Crippen LogP contribution in [0.1, 0.15) is 18.9 Å². The summed E-state index contributed by atoms with van der Waals surface area (Å²) in [5.41, 5.74) is -2.48. The number of hydrogen-bond acceptors (Lipinski definition) is 3. The summed E-state index contributed by atoms with van der Waals surface area (Å²) in [6.45, 7) is 1.38. The molecule has 1 aromatic carbocycles. The van der Waals surface area contributed by atoms with E-state index in [1.54, 1.807) is 6.07 Å². The zero-order chi connectivity index (χ0) is 15.3. The molecule has 0 aromatic heterocycles. The summed E-state index contributed by atoms with van der Waals surface area (Å²) in [6.07, 6.45) is -4.12. The molecule has 0 saturated carbocycles. The van der Waals surface area contributed by atoms with Gasteiger partial charge in [-0.3, -0.25) is 9.59 Å². The monoisotopic (exact) mass is 350 g/mol. The molecule has 7 heteroatoms. The average molecular weight is 351 g/mol. The first-order valence-electron chi connectivity index (χ1n) is 5.80. The molecule has 1 N–H and O–H groups in total. The maximum Gasteiger partial charge on any atom is 0.328 e. The molecule has 0 aliphatic heterocycles. The minimum atomic E-state index is -2.97. The number of halogens is 3. The highest BCUT2D eigenvalue weighted by Crippen LogP contribution is 2.37. The molecule has 0 aliphatic carbocycles. The highest BCUT2D eigenvalue weighted by atomic mass is 79.9. The summed E-state index contributed by atoms with van der Waals surface area (Å²) in [5.74, 6) is -2.86. The van der Waals surface area contributed by atoms with E-state index in [1.807, 2.05) is 0 Å². The van der Waals surface area contributed by atoms with Crippen molar-refractivity contribution < 1.29 is 28.2 Å². The van der Waals surface area contributed by atoms with Crippen LogP contribution >= 0.6 is 15.9 Å². The lowest BCUT2D eigenvalue weighted by Crippen LogP contribution is -2.46. The minimum absolute atomic E-state index is 0.0498. The fraction of sp³-hybridized carbons (Fsp3) is 0.385. The maximum atomic E-state index is 12.8. The number of rotatable bonds is 6. The molecule has 1 aromatic rings. The summed E-state index contributed by atoms with van der Waals surface area (Å²) >= 11 is 3.09. The fourth-order valence-electron chi connectivity index (χ4n) is 1.89. The summed E-state index contributed by atoms with van der Waals surface area (Å²) in [6, 6.07) is 5.87. The Balaban J connectivity index is 3.49. The van der Waals surface area contributed by atoms with E-state index in [0.29, 0.717) is 0 Å². The molecule has 110 valence electrons. The summed E-state index contributed by atoms with van der Waals surface area (Å²) in [5, 5.41) is 9.39. The average Bonchev–Trinajstić information content (AvgIpc) is 2.36. The number of alkyl halides is 2. The van der Waals surface area contributed by atoms with Gasteiger partial charge >= 0.3 is 11.9 Å².